The minimum Gasteiger partial charge on any atom is -0.467 e. The molecule has 2 aromatic heterocycles. The van der Waals surface area contributed by atoms with Gasteiger partial charge in [0.25, 0.3) is 0 Å². The van der Waals surface area contributed by atoms with Gasteiger partial charge in [0.2, 0.25) is 10.0 Å². The maximum Gasteiger partial charge on any atom is 0.243 e. The number of carbonyl (C=O) groups excluding carboxylic acids is 1. The third kappa shape index (κ3) is 6.19. The molecule has 43 heavy (non-hydrogen) atoms. The number of ketones is 1. The largest absolute Gasteiger partial charge is 0.467 e. The highest BCUT2D eigenvalue weighted by Gasteiger charge is 2.32. The van der Waals surface area contributed by atoms with Gasteiger partial charge in [-0.3, -0.25) is 9.89 Å². The van der Waals surface area contributed by atoms with Gasteiger partial charge in [-0.1, -0.05) is 0 Å². The number of H-pyrrole nitrogens is 1. The lowest BCUT2D eigenvalue weighted by atomic mass is 9.99. The van der Waals surface area contributed by atoms with Gasteiger partial charge in [0, 0.05) is 80.0 Å². The normalized spacial score (nSPS) is 16.3. The number of carbonyl (C=O) groups is 1. The first-order chi connectivity index (χ1) is 20.7. The van der Waals surface area contributed by atoms with Crippen LogP contribution in [0.4, 0.5) is 20.2 Å². The number of piperazine rings is 1. The third-order valence-electron chi connectivity index (χ3n) is 7.99. The maximum absolute atomic E-state index is 13.8. The van der Waals surface area contributed by atoms with E-state index < -0.39 is 26.6 Å². The highest BCUT2D eigenvalue weighted by Crippen LogP contribution is 2.30. The number of rotatable bonds is 9. The molecule has 10 nitrogen and oxygen atoms in total. The van der Waals surface area contributed by atoms with Crippen molar-refractivity contribution in [2.75, 3.05) is 50.0 Å². The van der Waals surface area contributed by atoms with Crippen molar-refractivity contribution >= 4 is 27.2 Å². The SMILES string of the molecule is CN1CCN(c2ccc(C(=O)Cc3n[nH]c4c3CN(S(=O)(=O)c3cc(F)cc(F)c3)CC4)c(NCc3ccco3)c2)CC1. The third-order valence-corrected chi connectivity index (χ3v) is 9.81. The predicted molar refractivity (Wildman–Crippen MR) is 156 cm³/mol. The van der Waals surface area contributed by atoms with Crippen molar-refractivity contribution in [1.82, 2.24) is 19.4 Å². The summed E-state index contributed by atoms with van der Waals surface area (Å²) in [6, 6.07) is 11.6. The van der Waals surface area contributed by atoms with E-state index in [9.17, 15) is 22.0 Å². The molecule has 0 unspecified atom stereocenters. The van der Waals surface area contributed by atoms with Gasteiger partial charge in [-0.25, -0.2) is 17.2 Å². The molecule has 226 valence electrons. The highest BCUT2D eigenvalue weighted by atomic mass is 32.2. The van der Waals surface area contributed by atoms with E-state index in [1.165, 1.54) is 0 Å². The Morgan fingerprint density at radius 1 is 1.05 bits per heavy atom. The van der Waals surface area contributed by atoms with Crippen LogP contribution >= 0.6 is 0 Å². The average molecular weight is 611 g/mol. The van der Waals surface area contributed by atoms with Crippen LogP contribution in [0.25, 0.3) is 0 Å². The summed E-state index contributed by atoms with van der Waals surface area (Å²) in [5.41, 5.74) is 3.93. The number of Topliss-reactive ketones (excluding diaryl/α,β-unsaturated/α-hetero) is 1. The van der Waals surface area contributed by atoms with E-state index >= 15 is 0 Å². The molecule has 0 spiro atoms. The minimum absolute atomic E-state index is 0.0579. The smallest absolute Gasteiger partial charge is 0.243 e. The zero-order chi connectivity index (χ0) is 30.1. The maximum atomic E-state index is 13.8. The number of fused-ring (bicyclic) bond motifs is 1. The van der Waals surface area contributed by atoms with Gasteiger partial charge in [-0.05, 0) is 49.5 Å². The Labute approximate surface area is 248 Å². The molecule has 2 aliphatic rings. The summed E-state index contributed by atoms with van der Waals surface area (Å²) >= 11 is 0. The number of hydrogen-bond acceptors (Lipinski definition) is 8. The van der Waals surface area contributed by atoms with Crippen molar-refractivity contribution < 1.29 is 26.4 Å². The van der Waals surface area contributed by atoms with E-state index in [-0.39, 0.29) is 25.3 Å². The van der Waals surface area contributed by atoms with Crippen LogP contribution in [0.2, 0.25) is 0 Å². The van der Waals surface area contributed by atoms with Crippen LogP contribution in [0.5, 0.6) is 0 Å². The number of likely N-dealkylation sites (N-methyl/N-ethyl adjacent to an activating group) is 1. The lowest BCUT2D eigenvalue weighted by Gasteiger charge is -2.34. The van der Waals surface area contributed by atoms with Crippen LogP contribution in [-0.2, 0) is 36.0 Å². The Morgan fingerprint density at radius 3 is 2.53 bits per heavy atom. The number of anilines is 2. The summed E-state index contributed by atoms with van der Waals surface area (Å²) < 4.78 is 60.7. The van der Waals surface area contributed by atoms with Crippen molar-refractivity contribution in [2.24, 2.45) is 0 Å². The summed E-state index contributed by atoms with van der Waals surface area (Å²) in [5.74, 6) is -1.40. The molecule has 2 aromatic carbocycles. The molecule has 4 aromatic rings. The second kappa shape index (κ2) is 11.9. The molecule has 0 radical (unpaired) electrons. The van der Waals surface area contributed by atoms with Crippen LogP contribution in [-0.4, -0.2) is 73.4 Å². The first-order valence-corrected chi connectivity index (χ1v) is 15.5. The predicted octanol–water partition coefficient (Wildman–Crippen LogP) is 3.82. The summed E-state index contributed by atoms with van der Waals surface area (Å²) in [6.07, 6.45) is 1.86. The van der Waals surface area contributed by atoms with Gasteiger partial charge in [0.05, 0.1) is 29.8 Å². The molecular weight excluding hydrogens is 578 g/mol. The average Bonchev–Trinajstić information content (AvgIpc) is 3.66. The van der Waals surface area contributed by atoms with Crippen LogP contribution in [0.15, 0.2) is 64.1 Å². The molecule has 0 amide bonds. The van der Waals surface area contributed by atoms with Gasteiger partial charge >= 0.3 is 0 Å². The Kier molecular flexibility index (Phi) is 8.03. The minimum atomic E-state index is -4.18. The monoisotopic (exact) mass is 610 g/mol. The van der Waals surface area contributed by atoms with Gasteiger partial charge in [0.15, 0.2) is 5.78 Å². The van der Waals surface area contributed by atoms with Crippen LogP contribution in [0, 0.1) is 11.6 Å². The van der Waals surface area contributed by atoms with Crippen molar-refractivity contribution in [3.63, 3.8) is 0 Å². The number of aromatic amines is 1. The molecule has 4 heterocycles. The van der Waals surface area contributed by atoms with Crippen LogP contribution in [0.3, 0.4) is 0 Å². The highest BCUT2D eigenvalue weighted by molar-refractivity contribution is 7.89. The molecule has 0 saturated carbocycles. The Morgan fingerprint density at radius 2 is 1.81 bits per heavy atom. The van der Waals surface area contributed by atoms with Crippen LogP contribution in [0.1, 0.15) is 33.1 Å². The van der Waals surface area contributed by atoms with Crippen molar-refractivity contribution in [2.45, 2.75) is 30.8 Å². The van der Waals surface area contributed by atoms with Crippen molar-refractivity contribution in [3.8, 4) is 0 Å². The van der Waals surface area contributed by atoms with Gasteiger partial charge in [-0.2, -0.15) is 9.40 Å². The topological polar surface area (TPSA) is 115 Å². The molecular formula is C30H32F2N6O4S. The Balaban J connectivity index is 1.24. The fourth-order valence-electron chi connectivity index (χ4n) is 5.53. The summed E-state index contributed by atoms with van der Waals surface area (Å²) in [7, 11) is -2.08. The number of nitrogens with one attached hydrogen (secondary N) is 2. The van der Waals surface area contributed by atoms with Gasteiger partial charge in [-0.15, -0.1) is 0 Å². The number of nitrogens with zero attached hydrogens (tertiary/aromatic N) is 4. The van der Waals surface area contributed by atoms with Crippen molar-refractivity contribution in [3.05, 3.63) is 94.7 Å². The molecule has 2 N–H and O–H groups in total. The van der Waals surface area contributed by atoms with Crippen LogP contribution < -0.4 is 10.2 Å². The zero-order valence-corrected chi connectivity index (χ0v) is 24.5. The first kappa shape index (κ1) is 29.0. The van der Waals surface area contributed by atoms with E-state index in [0.717, 1.165) is 59.8 Å². The lowest BCUT2D eigenvalue weighted by Crippen LogP contribution is -2.44. The number of sulfonamides is 1. The zero-order valence-electron chi connectivity index (χ0n) is 23.6. The number of hydrogen-bond donors (Lipinski definition) is 2. The summed E-state index contributed by atoms with van der Waals surface area (Å²) in [4.78, 5) is 17.8. The molecule has 1 saturated heterocycles. The van der Waals surface area contributed by atoms with E-state index in [0.29, 0.717) is 41.5 Å². The Hall–Kier alpha value is -4.07. The second-order valence-corrected chi connectivity index (χ2v) is 12.8. The van der Waals surface area contributed by atoms with E-state index in [1.54, 1.807) is 12.3 Å². The fraction of sp³-hybridized carbons (Fsp3) is 0.333. The number of halogens is 2. The summed E-state index contributed by atoms with van der Waals surface area (Å²) in [6.45, 7) is 4.08. The molecule has 0 bridgehead atoms. The quantitative estimate of drug-likeness (QED) is 0.275. The number of benzene rings is 2. The number of aromatic nitrogens is 2. The fourth-order valence-corrected chi connectivity index (χ4v) is 6.99. The molecule has 13 heteroatoms. The van der Waals surface area contributed by atoms with Gasteiger partial charge in [0.1, 0.15) is 17.4 Å². The van der Waals surface area contributed by atoms with Crippen molar-refractivity contribution in [1.29, 1.82) is 0 Å². The van der Waals surface area contributed by atoms with E-state index in [2.05, 4.69) is 32.4 Å². The standard InChI is InChI=1S/C30H32F2N6O4S/c1-36-8-10-37(11-9-36)22-4-5-25(28(16-22)33-18-23-3-2-12-42-23)30(39)17-29-26-19-38(7-6-27(26)34-35-29)43(40,41)24-14-20(31)13-21(32)15-24/h2-5,12-16,33H,6-11,17-19H2,1H3,(H,34,35). The molecule has 1 fully saturated rings. The van der Waals surface area contributed by atoms with E-state index in [4.69, 9.17) is 4.42 Å². The number of furan rings is 1. The molecule has 2 aliphatic heterocycles. The summed E-state index contributed by atoms with van der Waals surface area (Å²) in [5, 5.41) is 10.7. The molecule has 6 rings (SSSR count). The Bertz CT molecular complexity index is 1710. The van der Waals surface area contributed by atoms with E-state index in [1.807, 2.05) is 24.3 Å². The van der Waals surface area contributed by atoms with Gasteiger partial charge < -0.3 is 19.5 Å². The first-order valence-electron chi connectivity index (χ1n) is 14.1. The molecule has 0 aliphatic carbocycles. The molecule has 0 atom stereocenters. The second-order valence-electron chi connectivity index (χ2n) is 10.9. The lowest BCUT2D eigenvalue weighted by molar-refractivity contribution is 0.0992.